The molecule has 2 heteroatoms. The predicted molar refractivity (Wildman–Crippen MR) is 239 cm³/mol. The highest BCUT2D eigenvalue weighted by molar-refractivity contribution is 6.29. The molecule has 0 N–H and O–H groups in total. The molecule has 0 fully saturated rings. The number of para-hydroxylation sites is 4. The van der Waals surface area contributed by atoms with Gasteiger partial charge in [0.05, 0.1) is 22.1 Å². The van der Waals surface area contributed by atoms with E-state index in [0.29, 0.717) is 0 Å². The first-order valence-electron chi connectivity index (χ1n) is 19.4. The van der Waals surface area contributed by atoms with Gasteiger partial charge in [-0.1, -0.05) is 146 Å². The minimum absolute atomic E-state index is 1.17. The molecule has 0 spiro atoms. The van der Waals surface area contributed by atoms with Gasteiger partial charge in [-0.15, -0.1) is 0 Å². The van der Waals surface area contributed by atoms with E-state index >= 15 is 0 Å². The van der Waals surface area contributed by atoms with Crippen molar-refractivity contribution in [3.63, 3.8) is 0 Å². The number of rotatable bonds is 4. The normalized spacial score (nSPS) is 11.9. The van der Waals surface area contributed by atoms with Gasteiger partial charge < -0.3 is 9.13 Å². The maximum absolute atomic E-state index is 2.43. The van der Waals surface area contributed by atoms with Crippen molar-refractivity contribution >= 4 is 75.9 Å². The summed E-state index contributed by atoms with van der Waals surface area (Å²) in [6.45, 7) is 0. The first-order chi connectivity index (χ1) is 27.8. The second kappa shape index (κ2) is 12.0. The van der Waals surface area contributed by atoms with Crippen molar-refractivity contribution in [1.29, 1.82) is 0 Å². The largest absolute Gasteiger partial charge is 0.309 e. The Bertz CT molecular complexity index is 3510. The van der Waals surface area contributed by atoms with Crippen LogP contribution in [0.5, 0.6) is 0 Å². The average Bonchev–Trinajstić information content (AvgIpc) is 3.78. The third-order valence-electron chi connectivity index (χ3n) is 11.9. The highest BCUT2D eigenvalue weighted by atomic mass is 15.0. The highest BCUT2D eigenvalue weighted by Gasteiger charge is 2.21. The van der Waals surface area contributed by atoms with Crippen molar-refractivity contribution in [2.45, 2.75) is 0 Å². The molecule has 10 aromatic carbocycles. The van der Waals surface area contributed by atoms with Crippen molar-refractivity contribution in [3.8, 4) is 33.6 Å². The van der Waals surface area contributed by atoms with Gasteiger partial charge in [0.2, 0.25) is 0 Å². The van der Waals surface area contributed by atoms with Crippen LogP contribution in [-0.2, 0) is 0 Å². The summed E-state index contributed by atoms with van der Waals surface area (Å²) in [6, 6.07) is 75.8. The molecule has 12 rings (SSSR count). The summed E-state index contributed by atoms with van der Waals surface area (Å²) < 4.78 is 4.79. The lowest BCUT2D eigenvalue weighted by Gasteiger charge is -2.20. The lowest BCUT2D eigenvalue weighted by atomic mass is 9.83. The molecule has 2 nitrogen and oxygen atoms in total. The van der Waals surface area contributed by atoms with Gasteiger partial charge in [-0.2, -0.15) is 0 Å². The van der Waals surface area contributed by atoms with Gasteiger partial charge in [0.25, 0.3) is 0 Å². The maximum atomic E-state index is 2.43. The second-order valence-electron chi connectivity index (χ2n) is 14.8. The third-order valence-corrected chi connectivity index (χ3v) is 11.9. The van der Waals surface area contributed by atoms with Crippen molar-refractivity contribution in [3.05, 3.63) is 206 Å². The van der Waals surface area contributed by atoms with Gasteiger partial charge in [-0.25, -0.2) is 0 Å². The van der Waals surface area contributed by atoms with E-state index in [1.807, 2.05) is 0 Å². The topological polar surface area (TPSA) is 9.86 Å². The van der Waals surface area contributed by atoms with E-state index in [-0.39, 0.29) is 0 Å². The van der Waals surface area contributed by atoms with Crippen LogP contribution in [0.3, 0.4) is 0 Å². The van der Waals surface area contributed by atoms with Crippen molar-refractivity contribution in [2.24, 2.45) is 0 Å². The third kappa shape index (κ3) is 4.44. The second-order valence-corrected chi connectivity index (χ2v) is 14.8. The molecule has 0 saturated carbocycles. The van der Waals surface area contributed by atoms with E-state index in [1.165, 1.54) is 110 Å². The Hall–Kier alpha value is -7.42. The van der Waals surface area contributed by atoms with Gasteiger partial charge in [0.15, 0.2) is 0 Å². The molecule has 2 heterocycles. The molecule has 56 heavy (non-hydrogen) atoms. The molecule has 0 aliphatic rings. The Balaban J connectivity index is 1.18. The first kappa shape index (κ1) is 31.0. The summed E-state index contributed by atoms with van der Waals surface area (Å²) in [5, 5.41) is 12.6. The summed E-state index contributed by atoms with van der Waals surface area (Å²) in [5.41, 5.74) is 12.2. The van der Waals surface area contributed by atoms with E-state index in [0.717, 1.165) is 0 Å². The zero-order chi connectivity index (χ0) is 36.7. The monoisotopic (exact) mass is 710 g/mol. The molecule has 0 atom stereocenters. The number of hydrogen-bond donors (Lipinski definition) is 0. The van der Waals surface area contributed by atoms with Crippen LogP contribution >= 0.6 is 0 Å². The van der Waals surface area contributed by atoms with Gasteiger partial charge in [0, 0.05) is 32.9 Å². The van der Waals surface area contributed by atoms with Gasteiger partial charge in [-0.3, -0.25) is 0 Å². The summed E-state index contributed by atoms with van der Waals surface area (Å²) in [6.07, 6.45) is 0. The molecule has 12 aromatic rings. The molecule has 0 aliphatic carbocycles. The summed E-state index contributed by atoms with van der Waals surface area (Å²) in [4.78, 5) is 0. The fourth-order valence-corrected chi connectivity index (χ4v) is 9.53. The molecular weight excluding hydrogens is 677 g/mol. The quantitative estimate of drug-likeness (QED) is 0.127. The molecule has 0 radical (unpaired) electrons. The number of nitrogens with zero attached hydrogens (tertiary/aromatic N) is 2. The minimum Gasteiger partial charge on any atom is -0.309 e. The first-order valence-corrected chi connectivity index (χ1v) is 19.4. The number of aromatic nitrogens is 2. The molecule has 0 saturated heterocycles. The standard InChI is InChI=1S/C54H34N2/c1-3-16-38(17-4-1)55-48-25-13-11-21-41(48)46-33-36(28-31-50(46)55)52-43-23-9-10-24-44(43)53(54-40-20-8-7-15-35(40)27-30-45(52)54)37-29-32-51-47(34-37)42-22-12-14-26-49(42)56(51)39-18-5-2-6-19-39/h1-34H. The van der Waals surface area contributed by atoms with Crippen LogP contribution in [0.2, 0.25) is 0 Å². The van der Waals surface area contributed by atoms with E-state index in [4.69, 9.17) is 0 Å². The average molecular weight is 711 g/mol. The molecular formula is C54H34N2. The Kier molecular flexibility index (Phi) is 6.66. The van der Waals surface area contributed by atoms with Crippen LogP contribution in [0.1, 0.15) is 0 Å². The van der Waals surface area contributed by atoms with Crippen molar-refractivity contribution in [1.82, 2.24) is 9.13 Å². The van der Waals surface area contributed by atoms with E-state index < -0.39 is 0 Å². The van der Waals surface area contributed by atoms with E-state index in [1.54, 1.807) is 0 Å². The predicted octanol–water partition coefficient (Wildman–Crippen LogP) is 14.7. The van der Waals surface area contributed by atoms with Crippen molar-refractivity contribution in [2.75, 3.05) is 0 Å². The van der Waals surface area contributed by atoms with E-state index in [2.05, 4.69) is 215 Å². The Morgan fingerprint density at radius 1 is 0.250 bits per heavy atom. The summed E-state index contributed by atoms with van der Waals surface area (Å²) in [5.74, 6) is 0. The molecule has 0 amide bonds. The van der Waals surface area contributed by atoms with Gasteiger partial charge in [-0.05, 0) is 115 Å². The maximum Gasteiger partial charge on any atom is 0.0541 e. The van der Waals surface area contributed by atoms with Crippen LogP contribution in [0.4, 0.5) is 0 Å². The number of fused-ring (bicyclic) bond motifs is 10. The SMILES string of the molecule is c1ccc(-n2c3ccccc3c3cc(-c4c5ccccc5c(-c5ccc6c(c5)c5ccccc5n6-c5ccccc5)c5c4ccc4ccccc45)ccc32)cc1. The molecule has 0 unspecified atom stereocenters. The Labute approximate surface area is 323 Å². The number of hydrogen-bond acceptors (Lipinski definition) is 0. The van der Waals surface area contributed by atoms with Crippen LogP contribution in [-0.4, -0.2) is 9.13 Å². The molecule has 0 aliphatic heterocycles. The van der Waals surface area contributed by atoms with Crippen molar-refractivity contribution < 1.29 is 0 Å². The molecule has 260 valence electrons. The van der Waals surface area contributed by atoms with Gasteiger partial charge >= 0.3 is 0 Å². The Morgan fingerprint density at radius 3 is 1.25 bits per heavy atom. The number of benzene rings is 10. The molecule has 2 aromatic heterocycles. The fraction of sp³-hybridized carbons (Fsp3) is 0. The lowest BCUT2D eigenvalue weighted by molar-refractivity contribution is 1.18. The fourth-order valence-electron chi connectivity index (χ4n) is 9.53. The zero-order valence-corrected chi connectivity index (χ0v) is 30.5. The van der Waals surface area contributed by atoms with E-state index in [9.17, 15) is 0 Å². The van der Waals surface area contributed by atoms with Crippen LogP contribution in [0.25, 0.3) is 110 Å². The van der Waals surface area contributed by atoms with Crippen LogP contribution < -0.4 is 0 Å². The van der Waals surface area contributed by atoms with Crippen LogP contribution in [0, 0.1) is 0 Å². The highest BCUT2D eigenvalue weighted by Crippen LogP contribution is 2.48. The lowest BCUT2D eigenvalue weighted by Crippen LogP contribution is -1.94. The molecule has 0 bridgehead atoms. The zero-order valence-electron chi connectivity index (χ0n) is 30.5. The summed E-state index contributed by atoms with van der Waals surface area (Å²) in [7, 11) is 0. The smallest absolute Gasteiger partial charge is 0.0541 e. The summed E-state index contributed by atoms with van der Waals surface area (Å²) >= 11 is 0. The van der Waals surface area contributed by atoms with Gasteiger partial charge in [0.1, 0.15) is 0 Å². The Morgan fingerprint density at radius 2 is 0.679 bits per heavy atom. The minimum atomic E-state index is 1.17. The van der Waals surface area contributed by atoms with Crippen LogP contribution in [0.15, 0.2) is 206 Å².